The maximum atomic E-state index is 5.36. The Labute approximate surface area is 561 Å². The predicted octanol–water partition coefficient (Wildman–Crippen LogP) is 21.2. The number of nitrogens with one attached hydrogen (secondary N) is 4. The fourth-order valence-corrected chi connectivity index (χ4v) is 10.3. The fraction of sp³-hybridized carbons (Fsp3) is 0.237. The van der Waals surface area contributed by atoms with Crippen LogP contribution in [0.3, 0.4) is 0 Å². The highest BCUT2D eigenvalue weighted by molar-refractivity contribution is 7.99. The average Bonchev–Trinajstić information content (AvgIpc) is 2.60. The van der Waals surface area contributed by atoms with Gasteiger partial charge in [-0.05, 0) is 133 Å². The molecule has 9 aliphatic rings. The van der Waals surface area contributed by atoms with Crippen LogP contribution in [0.15, 0.2) is 248 Å². The van der Waals surface area contributed by atoms with Gasteiger partial charge in [-0.1, -0.05) is 211 Å². The number of hydrogen-bond acceptors (Lipinski definition) is 13. The third kappa shape index (κ3) is 24.3. The largest absolute Gasteiger partial charge is 0.490 e. The summed E-state index contributed by atoms with van der Waals surface area (Å²) in [5.41, 5.74) is 12.8. The van der Waals surface area contributed by atoms with Gasteiger partial charge < -0.3 is 54.4 Å². The highest BCUT2D eigenvalue weighted by atomic mass is 32.2. The van der Waals surface area contributed by atoms with Crippen LogP contribution in [0.5, 0.6) is 40.2 Å². The Balaban J connectivity index is 0.000000353. The number of nitrogens with zero attached hydrogens (tertiary/aromatic N) is 1. The normalized spacial score (nSPS) is 12.9. The monoisotopic (exact) mass is 1280 g/mol. The van der Waals surface area contributed by atoms with Crippen molar-refractivity contribution in [2.24, 2.45) is 0 Å². The van der Waals surface area contributed by atoms with Crippen LogP contribution < -0.4 is 54.4 Å². The van der Waals surface area contributed by atoms with Crippen molar-refractivity contribution in [3.63, 3.8) is 0 Å². The van der Waals surface area contributed by atoms with E-state index in [-0.39, 0.29) is 59.4 Å². The van der Waals surface area contributed by atoms with Gasteiger partial charge in [-0.3, -0.25) is 4.98 Å². The average molecular weight is 1280 g/mol. The second-order valence-electron chi connectivity index (χ2n) is 19.4. The van der Waals surface area contributed by atoms with E-state index in [4.69, 9.17) is 33.2 Å². The number of fused-ring (bicyclic) bond motifs is 9. The first-order valence-electron chi connectivity index (χ1n) is 28.5. The zero-order valence-corrected chi connectivity index (χ0v) is 48.1. The van der Waals surface area contributed by atoms with E-state index in [0.717, 1.165) is 96.4 Å². The van der Waals surface area contributed by atoms with Gasteiger partial charge >= 0.3 is 0 Å². The molecule has 0 radical (unpaired) electrons. The number of benzene rings is 8. The van der Waals surface area contributed by atoms with Crippen molar-refractivity contribution in [3.05, 3.63) is 277 Å². The van der Waals surface area contributed by atoms with Crippen molar-refractivity contribution < 1.29 is 33.2 Å². The van der Waals surface area contributed by atoms with Crippen molar-refractivity contribution in [1.82, 2.24) is 4.98 Å². The van der Waals surface area contributed by atoms with E-state index in [9.17, 15) is 0 Å². The van der Waals surface area contributed by atoms with Crippen LogP contribution in [0.4, 0.5) is 22.7 Å². The molecule has 12 nitrogen and oxygen atoms in total. The van der Waals surface area contributed by atoms with Gasteiger partial charge in [0.1, 0.15) is 43.0 Å². The summed E-state index contributed by atoms with van der Waals surface area (Å²) < 4.78 is 36.3. The minimum absolute atomic E-state index is 0. The molecule has 7 aliphatic heterocycles. The highest BCUT2D eigenvalue weighted by Crippen LogP contribution is 2.33. The summed E-state index contributed by atoms with van der Waals surface area (Å²) in [4.78, 5) is 5.56. The number of rotatable bonds is 0. The van der Waals surface area contributed by atoms with Gasteiger partial charge in [0.05, 0.1) is 17.1 Å². The minimum atomic E-state index is 0. The highest BCUT2D eigenvalue weighted by Gasteiger charge is 2.12. The molecule has 8 aromatic carbocycles. The molecule has 0 atom stereocenters. The lowest BCUT2D eigenvalue weighted by Crippen LogP contribution is -2.17. The molecule has 93 heavy (non-hydrogen) atoms. The number of para-hydroxylation sites is 11. The van der Waals surface area contributed by atoms with Gasteiger partial charge in [0.25, 0.3) is 0 Å². The third-order valence-corrected chi connectivity index (χ3v) is 14.7. The quantitative estimate of drug-likeness (QED) is 0.115. The molecule has 1 aromatic heterocycles. The van der Waals surface area contributed by atoms with E-state index in [2.05, 4.69) is 135 Å². The van der Waals surface area contributed by atoms with Crippen molar-refractivity contribution in [1.29, 1.82) is 0 Å². The lowest BCUT2D eigenvalue weighted by molar-refractivity contribution is 0.174. The van der Waals surface area contributed by atoms with Gasteiger partial charge in [-0.2, -0.15) is 0 Å². The molecule has 0 amide bonds. The number of ether oxygens (including phenoxy) is 7. The summed E-state index contributed by atoms with van der Waals surface area (Å²) in [5.74, 6) is 7.33. The summed E-state index contributed by atoms with van der Waals surface area (Å²) in [5, 5.41) is 13.0. The van der Waals surface area contributed by atoms with Crippen molar-refractivity contribution >= 4 is 52.7 Å². The Bertz CT molecular complexity index is 3290. The van der Waals surface area contributed by atoms with Crippen molar-refractivity contribution in [2.45, 2.75) is 83.6 Å². The van der Waals surface area contributed by atoms with Crippen LogP contribution in [-0.4, -0.2) is 57.1 Å². The molecule has 9 aromatic rings. The number of pyridine rings is 1. The molecule has 0 bridgehead atoms. The van der Waals surface area contributed by atoms with Gasteiger partial charge in [0.15, 0.2) is 29.7 Å². The number of anilines is 4. The van der Waals surface area contributed by atoms with E-state index >= 15 is 0 Å². The predicted molar refractivity (Wildman–Crippen MR) is 401 cm³/mol. The number of thioether (sulfide) groups is 1. The summed E-state index contributed by atoms with van der Waals surface area (Å²) in [6.07, 6.45) is 20.9. The molecule has 18 rings (SSSR count). The van der Waals surface area contributed by atoms with Crippen LogP contribution in [-0.2, 0) is 19.3 Å². The Hall–Kier alpha value is -9.98. The van der Waals surface area contributed by atoms with Gasteiger partial charge in [0.2, 0.25) is 6.79 Å². The number of hydrogen-bond donors (Lipinski definition) is 4. The Morgan fingerprint density at radius 1 is 0.355 bits per heavy atom. The van der Waals surface area contributed by atoms with E-state index in [1.807, 2.05) is 151 Å². The SMILES string of the molecule is C.C.C.C.C.C.C.C.C1=COc2ccccc2O1.C1=Cc2ccccc2C1.C1=Cc2ccccc2OC1.C1=Cc2ncccc2C1.c1ccc2c(c1)CCN2.c1ccc2c(c1)NCCO2.c1ccc2c(c1)NCCS2.c1ccc2c(c1)NCO2.c1ccc2c(c1)OCO2. The summed E-state index contributed by atoms with van der Waals surface area (Å²) in [7, 11) is 0. The molecule has 13 heteroatoms. The van der Waals surface area contributed by atoms with Gasteiger partial charge in [0, 0.05) is 53.4 Å². The van der Waals surface area contributed by atoms with E-state index in [0.29, 0.717) is 20.1 Å². The first kappa shape index (κ1) is 79.1. The fourth-order valence-electron chi connectivity index (χ4n) is 9.36. The van der Waals surface area contributed by atoms with Crippen molar-refractivity contribution in [2.75, 3.05) is 73.4 Å². The van der Waals surface area contributed by atoms with Crippen LogP contribution in [0.25, 0.3) is 18.2 Å². The standard InChI is InChI=1S/C9H8O.C9H8.C8H9NO.C8H9NS.C8H7N.C8H9N.C8H6O2.C7H7NO.C7H6O2.8CH4/c1-2-6-9-8(4-1)5-3-7-10-9;1-2-5-9-7-3-6-8(9)4-1;2*1-2-4-8-7(3-1)9-5-6-10-8;1-3-7-4-2-6-9-8(7)5-1;1-2-4-8-7(3-1)5-6-9-8;1-2-4-8-7(3-1)9-5-6-10-8;2*1-2-4-7-6(3-1)8-5-9-7;;;;;;;;/h1-6H,7H2;1-6H,7H2;2*1-4,9H,5-6H2;1-2,4-6H,3H2;1-4,9H,5-6H2;1-6H;1-4,8H,5H2;1-4H,5H2;8*1H4. The molecule has 494 valence electrons. The summed E-state index contributed by atoms with van der Waals surface area (Å²) in [6, 6.07) is 68.5. The van der Waals surface area contributed by atoms with E-state index in [1.165, 1.54) is 68.8 Å². The first-order chi connectivity index (χ1) is 42.2. The molecule has 2 aliphatic carbocycles. The van der Waals surface area contributed by atoms with Crippen LogP contribution in [0, 0.1) is 0 Å². The minimum Gasteiger partial charge on any atom is -0.490 e. The molecule has 0 unspecified atom stereocenters. The van der Waals surface area contributed by atoms with Crippen LogP contribution in [0.1, 0.15) is 92.9 Å². The van der Waals surface area contributed by atoms with Crippen LogP contribution in [0.2, 0.25) is 0 Å². The molecule has 4 N–H and O–H groups in total. The Kier molecular flexibility index (Phi) is 37.2. The zero-order chi connectivity index (χ0) is 57.8. The van der Waals surface area contributed by atoms with Gasteiger partial charge in [-0.25, -0.2) is 0 Å². The van der Waals surface area contributed by atoms with Gasteiger partial charge in [-0.15, -0.1) is 11.8 Å². The first-order valence-corrected chi connectivity index (χ1v) is 29.5. The zero-order valence-electron chi connectivity index (χ0n) is 47.3. The maximum Gasteiger partial charge on any atom is 0.231 e. The topological polar surface area (TPSA) is 126 Å². The molecular weight excluding hydrogens is 1170 g/mol. The Morgan fingerprint density at radius 3 is 1.47 bits per heavy atom. The number of aromatic nitrogens is 1. The third-order valence-electron chi connectivity index (χ3n) is 13.6. The van der Waals surface area contributed by atoms with E-state index < -0.39 is 0 Å². The molecule has 0 saturated heterocycles. The van der Waals surface area contributed by atoms with Crippen LogP contribution >= 0.6 is 11.8 Å². The maximum absolute atomic E-state index is 5.36. The van der Waals surface area contributed by atoms with Crippen molar-refractivity contribution in [3.8, 4) is 40.2 Å². The lowest BCUT2D eigenvalue weighted by atomic mass is 10.1. The smallest absolute Gasteiger partial charge is 0.231 e. The van der Waals surface area contributed by atoms with E-state index in [1.54, 1.807) is 0 Å². The summed E-state index contributed by atoms with van der Waals surface area (Å²) >= 11 is 1.93. The lowest BCUT2D eigenvalue weighted by Gasteiger charge is -2.17. The molecule has 0 spiro atoms. The molecule has 8 heterocycles. The summed E-state index contributed by atoms with van der Waals surface area (Å²) in [6.45, 7) is 5.57. The Morgan fingerprint density at radius 2 is 0.849 bits per heavy atom. The number of allylic oxidation sites excluding steroid dienone is 2. The molecule has 0 saturated carbocycles. The second kappa shape index (κ2) is 43.7. The molecule has 0 fully saturated rings. The second-order valence-corrected chi connectivity index (χ2v) is 20.5. The molecular formula is C80H101N5O7S.